The maximum atomic E-state index is 10.8. The molecular formula is C11H13ClO3. The van der Waals surface area contributed by atoms with Gasteiger partial charge in [-0.1, -0.05) is 25.4 Å². The Balaban J connectivity index is 3.38. The molecule has 1 aromatic carbocycles. The van der Waals surface area contributed by atoms with E-state index in [1.807, 2.05) is 13.8 Å². The third-order valence-corrected chi connectivity index (χ3v) is 2.43. The lowest BCUT2D eigenvalue weighted by Crippen LogP contribution is -2.02. The summed E-state index contributed by atoms with van der Waals surface area (Å²) in [5, 5.41) is 9.21. The van der Waals surface area contributed by atoms with E-state index in [1.54, 1.807) is 6.07 Å². The first-order valence-electron chi connectivity index (χ1n) is 4.58. The molecule has 0 amide bonds. The standard InChI is InChI=1S/C11H13ClO3/c1-6(2)8-4-7(11(13)14)5-9(12)10(8)15-3/h4-6H,1-3H3,(H,13,14). The predicted molar refractivity (Wildman–Crippen MR) is 59.1 cm³/mol. The van der Waals surface area contributed by atoms with Crippen LogP contribution in [0.4, 0.5) is 0 Å². The first kappa shape index (κ1) is 11.9. The fourth-order valence-corrected chi connectivity index (χ4v) is 1.69. The van der Waals surface area contributed by atoms with Crippen LogP contribution in [-0.4, -0.2) is 18.2 Å². The van der Waals surface area contributed by atoms with E-state index in [0.717, 1.165) is 5.56 Å². The average molecular weight is 229 g/mol. The number of halogens is 1. The van der Waals surface area contributed by atoms with Crippen LogP contribution in [0.5, 0.6) is 5.75 Å². The molecule has 0 spiro atoms. The molecule has 0 radical (unpaired) electrons. The number of rotatable bonds is 3. The van der Waals surface area contributed by atoms with E-state index in [1.165, 1.54) is 13.2 Å². The van der Waals surface area contributed by atoms with Crippen molar-refractivity contribution in [2.45, 2.75) is 19.8 Å². The highest BCUT2D eigenvalue weighted by Crippen LogP contribution is 2.34. The van der Waals surface area contributed by atoms with Gasteiger partial charge in [-0.05, 0) is 23.6 Å². The molecule has 82 valence electrons. The second kappa shape index (κ2) is 4.53. The molecule has 3 nitrogen and oxygen atoms in total. The van der Waals surface area contributed by atoms with Crippen molar-refractivity contribution in [2.24, 2.45) is 0 Å². The molecule has 0 saturated carbocycles. The van der Waals surface area contributed by atoms with E-state index in [0.29, 0.717) is 10.8 Å². The summed E-state index contributed by atoms with van der Waals surface area (Å²) in [7, 11) is 1.52. The number of carboxylic acids is 1. The quantitative estimate of drug-likeness (QED) is 0.865. The van der Waals surface area contributed by atoms with E-state index < -0.39 is 5.97 Å². The van der Waals surface area contributed by atoms with Crippen molar-refractivity contribution in [3.8, 4) is 5.75 Å². The molecule has 0 aliphatic carbocycles. The van der Waals surface area contributed by atoms with Gasteiger partial charge in [0.25, 0.3) is 0 Å². The molecule has 0 aliphatic rings. The third kappa shape index (κ3) is 2.42. The van der Waals surface area contributed by atoms with Gasteiger partial charge in [-0.25, -0.2) is 4.79 Å². The fraction of sp³-hybridized carbons (Fsp3) is 0.364. The van der Waals surface area contributed by atoms with Crippen LogP contribution in [0.25, 0.3) is 0 Å². The summed E-state index contributed by atoms with van der Waals surface area (Å²) < 4.78 is 5.15. The van der Waals surface area contributed by atoms with Crippen molar-refractivity contribution >= 4 is 17.6 Å². The molecule has 0 unspecified atom stereocenters. The fourth-order valence-electron chi connectivity index (χ4n) is 1.38. The highest BCUT2D eigenvalue weighted by Gasteiger charge is 2.15. The van der Waals surface area contributed by atoms with Gasteiger partial charge in [-0.3, -0.25) is 0 Å². The average Bonchev–Trinajstić information content (AvgIpc) is 2.16. The van der Waals surface area contributed by atoms with Crippen LogP contribution in [0.2, 0.25) is 5.02 Å². The third-order valence-electron chi connectivity index (χ3n) is 2.15. The van der Waals surface area contributed by atoms with Gasteiger partial charge in [0.2, 0.25) is 0 Å². The van der Waals surface area contributed by atoms with E-state index in [-0.39, 0.29) is 11.5 Å². The van der Waals surface area contributed by atoms with Crippen LogP contribution in [0.1, 0.15) is 35.7 Å². The SMILES string of the molecule is COc1c(Cl)cc(C(=O)O)cc1C(C)C. The van der Waals surface area contributed by atoms with E-state index in [9.17, 15) is 4.79 Å². The molecule has 0 fully saturated rings. The first-order valence-corrected chi connectivity index (χ1v) is 4.96. The zero-order chi connectivity index (χ0) is 11.6. The van der Waals surface area contributed by atoms with Gasteiger partial charge in [-0.15, -0.1) is 0 Å². The number of carboxylic acid groups (broad SMARTS) is 1. The maximum absolute atomic E-state index is 10.8. The van der Waals surface area contributed by atoms with E-state index in [2.05, 4.69) is 0 Å². The smallest absolute Gasteiger partial charge is 0.335 e. The van der Waals surface area contributed by atoms with Crippen molar-refractivity contribution in [2.75, 3.05) is 7.11 Å². The molecule has 0 saturated heterocycles. The van der Waals surface area contributed by atoms with Crippen molar-refractivity contribution < 1.29 is 14.6 Å². The zero-order valence-corrected chi connectivity index (χ0v) is 9.63. The molecule has 1 aromatic rings. The number of ether oxygens (including phenoxy) is 1. The zero-order valence-electron chi connectivity index (χ0n) is 8.87. The second-order valence-corrected chi connectivity index (χ2v) is 3.95. The summed E-state index contributed by atoms with van der Waals surface area (Å²) in [5.74, 6) is -0.269. The molecular weight excluding hydrogens is 216 g/mol. The Bertz CT molecular complexity index is 386. The van der Waals surface area contributed by atoms with Gasteiger partial charge in [0.05, 0.1) is 17.7 Å². The lowest BCUT2D eigenvalue weighted by molar-refractivity contribution is 0.0696. The number of hydrogen-bond acceptors (Lipinski definition) is 2. The monoisotopic (exact) mass is 228 g/mol. The Labute approximate surface area is 93.6 Å². The number of aromatic carboxylic acids is 1. The number of methoxy groups -OCH3 is 1. The Kier molecular flexibility index (Phi) is 3.58. The summed E-state index contributed by atoms with van der Waals surface area (Å²) in [6.07, 6.45) is 0. The topological polar surface area (TPSA) is 46.5 Å². The Morgan fingerprint density at radius 1 is 1.47 bits per heavy atom. The molecule has 1 rings (SSSR count). The highest BCUT2D eigenvalue weighted by atomic mass is 35.5. The van der Waals surface area contributed by atoms with Crippen molar-refractivity contribution in [1.82, 2.24) is 0 Å². The van der Waals surface area contributed by atoms with Gasteiger partial charge in [0.15, 0.2) is 0 Å². The van der Waals surface area contributed by atoms with Crippen LogP contribution in [-0.2, 0) is 0 Å². The van der Waals surface area contributed by atoms with Gasteiger partial charge in [-0.2, -0.15) is 0 Å². The first-order chi connectivity index (χ1) is 6.97. The predicted octanol–water partition coefficient (Wildman–Crippen LogP) is 3.17. The van der Waals surface area contributed by atoms with Gasteiger partial charge < -0.3 is 9.84 Å². The molecule has 0 bridgehead atoms. The summed E-state index contributed by atoms with van der Waals surface area (Å²) in [6, 6.07) is 2.99. The Morgan fingerprint density at radius 3 is 2.47 bits per heavy atom. The van der Waals surface area contributed by atoms with Gasteiger partial charge in [0.1, 0.15) is 5.75 Å². The lowest BCUT2D eigenvalue weighted by atomic mass is 9.99. The second-order valence-electron chi connectivity index (χ2n) is 3.54. The molecule has 15 heavy (non-hydrogen) atoms. The van der Waals surface area contributed by atoms with Gasteiger partial charge >= 0.3 is 5.97 Å². The minimum atomic E-state index is -0.985. The van der Waals surface area contributed by atoms with Crippen LogP contribution in [0.15, 0.2) is 12.1 Å². The van der Waals surface area contributed by atoms with Gasteiger partial charge in [0, 0.05) is 0 Å². The number of benzene rings is 1. The van der Waals surface area contributed by atoms with Crippen molar-refractivity contribution in [3.05, 3.63) is 28.3 Å². The molecule has 0 heterocycles. The number of hydrogen-bond donors (Lipinski definition) is 1. The van der Waals surface area contributed by atoms with Crippen molar-refractivity contribution in [3.63, 3.8) is 0 Å². The normalized spacial score (nSPS) is 10.5. The Hall–Kier alpha value is -1.22. The van der Waals surface area contributed by atoms with Crippen LogP contribution < -0.4 is 4.74 Å². The van der Waals surface area contributed by atoms with E-state index >= 15 is 0 Å². The minimum Gasteiger partial charge on any atom is -0.495 e. The highest BCUT2D eigenvalue weighted by molar-refractivity contribution is 6.32. The van der Waals surface area contributed by atoms with Crippen molar-refractivity contribution in [1.29, 1.82) is 0 Å². The molecule has 4 heteroatoms. The molecule has 0 atom stereocenters. The van der Waals surface area contributed by atoms with Crippen LogP contribution in [0.3, 0.4) is 0 Å². The molecule has 1 N–H and O–H groups in total. The molecule has 0 aromatic heterocycles. The summed E-state index contributed by atoms with van der Waals surface area (Å²) in [4.78, 5) is 10.8. The Morgan fingerprint density at radius 2 is 2.07 bits per heavy atom. The minimum absolute atomic E-state index is 0.164. The van der Waals surface area contributed by atoms with Crippen LogP contribution in [0, 0.1) is 0 Å². The molecule has 0 aliphatic heterocycles. The summed E-state index contributed by atoms with van der Waals surface area (Å²) in [6.45, 7) is 3.92. The summed E-state index contributed by atoms with van der Waals surface area (Å²) >= 11 is 5.93. The van der Waals surface area contributed by atoms with Crippen LogP contribution >= 0.6 is 11.6 Å². The maximum Gasteiger partial charge on any atom is 0.335 e. The number of carbonyl (C=O) groups is 1. The van der Waals surface area contributed by atoms with E-state index in [4.69, 9.17) is 21.4 Å². The summed E-state index contributed by atoms with van der Waals surface area (Å²) in [5.41, 5.74) is 0.993. The largest absolute Gasteiger partial charge is 0.495 e. The lowest BCUT2D eigenvalue weighted by Gasteiger charge is -2.14.